The van der Waals surface area contributed by atoms with E-state index in [0.717, 1.165) is 0 Å². The summed E-state index contributed by atoms with van der Waals surface area (Å²) in [6.07, 6.45) is 1.30. The van der Waals surface area contributed by atoms with Crippen molar-refractivity contribution in [1.82, 2.24) is 15.1 Å². The number of carbonyl (C=O) groups excluding carboxylic acids is 1. The molecule has 3 rings (SSSR count). The van der Waals surface area contributed by atoms with Crippen LogP contribution in [0.1, 0.15) is 19.2 Å². The molecule has 1 saturated heterocycles. The molecule has 2 aromatic rings. The molecule has 8 heteroatoms. The summed E-state index contributed by atoms with van der Waals surface area (Å²) in [4.78, 5) is 13.6. The van der Waals surface area contributed by atoms with E-state index in [1.165, 1.54) is 11.8 Å². The monoisotopic (exact) mass is 367 g/mol. The molecule has 1 aliphatic heterocycles. The zero-order valence-corrected chi connectivity index (χ0v) is 14.7. The molecule has 2 heterocycles. The Bertz CT molecular complexity index is 750. The van der Waals surface area contributed by atoms with E-state index in [4.69, 9.17) is 28.2 Å². The van der Waals surface area contributed by atoms with Crippen molar-refractivity contribution in [3.63, 3.8) is 0 Å². The second-order valence-electron chi connectivity index (χ2n) is 5.10. The van der Waals surface area contributed by atoms with Gasteiger partial charge in [-0.3, -0.25) is 9.69 Å². The summed E-state index contributed by atoms with van der Waals surface area (Å²) in [5.41, 5.74) is 0.717. The molecule has 0 bridgehead atoms. The minimum absolute atomic E-state index is 0.0716. The Balaban J connectivity index is 1.59. The second-order valence-corrected chi connectivity index (χ2v) is 7.48. The van der Waals surface area contributed by atoms with Crippen molar-refractivity contribution in [2.24, 2.45) is 0 Å². The first kappa shape index (κ1) is 16.4. The van der Waals surface area contributed by atoms with Gasteiger partial charge in [-0.2, -0.15) is 0 Å². The van der Waals surface area contributed by atoms with Crippen molar-refractivity contribution >= 4 is 45.8 Å². The van der Waals surface area contributed by atoms with Gasteiger partial charge in [-0.05, 0) is 25.5 Å². The summed E-state index contributed by atoms with van der Waals surface area (Å²) in [5, 5.41) is 8.55. The minimum Gasteiger partial charge on any atom is -0.421 e. The number of hydrogen-bond acceptors (Lipinski definition) is 6. The normalized spacial score (nSPS) is 18.0. The Morgan fingerprint density at radius 2 is 2.17 bits per heavy atom. The Hall–Kier alpha value is -1.44. The molecule has 0 spiro atoms. The fraction of sp³-hybridized carbons (Fsp3) is 0.333. The number of thiocarbonyl (C=S) groups is 1. The molecule has 0 radical (unpaired) electrons. The SMILES string of the molecule is CC1SC(=S)N(CCCc2nnc(-c3ccccc3Cl)o2)C1=O. The number of nitrogens with zero attached hydrogens (tertiary/aromatic N) is 3. The molecule has 5 nitrogen and oxygen atoms in total. The third kappa shape index (κ3) is 3.57. The van der Waals surface area contributed by atoms with Crippen LogP contribution in [0, 0.1) is 0 Å². The van der Waals surface area contributed by atoms with Gasteiger partial charge in [0, 0.05) is 13.0 Å². The van der Waals surface area contributed by atoms with Gasteiger partial charge in [0.1, 0.15) is 4.32 Å². The van der Waals surface area contributed by atoms with Crippen LogP contribution in [-0.2, 0) is 11.2 Å². The van der Waals surface area contributed by atoms with E-state index in [1.54, 1.807) is 11.0 Å². The third-order valence-electron chi connectivity index (χ3n) is 3.46. The summed E-state index contributed by atoms with van der Waals surface area (Å²) in [5.74, 6) is 1.00. The Morgan fingerprint density at radius 1 is 1.39 bits per heavy atom. The first-order chi connectivity index (χ1) is 11.1. The number of aromatic nitrogens is 2. The van der Waals surface area contributed by atoms with E-state index >= 15 is 0 Å². The lowest BCUT2D eigenvalue weighted by Crippen LogP contribution is -2.31. The van der Waals surface area contributed by atoms with Crippen molar-refractivity contribution in [1.29, 1.82) is 0 Å². The number of benzene rings is 1. The molecule has 1 fully saturated rings. The first-order valence-corrected chi connectivity index (χ1v) is 8.82. The molecular formula is C15H14ClN3O2S2. The van der Waals surface area contributed by atoms with E-state index in [9.17, 15) is 4.79 Å². The van der Waals surface area contributed by atoms with E-state index in [0.29, 0.717) is 46.1 Å². The fourth-order valence-electron chi connectivity index (χ4n) is 2.26. The smallest absolute Gasteiger partial charge is 0.249 e. The largest absolute Gasteiger partial charge is 0.421 e. The van der Waals surface area contributed by atoms with Gasteiger partial charge in [-0.15, -0.1) is 10.2 Å². The predicted octanol–water partition coefficient (Wildman–Crippen LogP) is 3.57. The lowest BCUT2D eigenvalue weighted by molar-refractivity contribution is -0.125. The summed E-state index contributed by atoms with van der Waals surface area (Å²) in [7, 11) is 0. The molecule has 1 aromatic carbocycles. The molecule has 0 N–H and O–H groups in total. The highest BCUT2D eigenvalue weighted by Crippen LogP contribution is 2.28. The number of thioether (sulfide) groups is 1. The van der Waals surface area contributed by atoms with Crippen LogP contribution in [-0.4, -0.2) is 37.1 Å². The standard InChI is InChI=1S/C15H14ClN3O2S2/c1-9-14(20)19(15(22)23-9)8-4-7-12-17-18-13(21-12)10-5-2-3-6-11(10)16/h2-3,5-6,9H,4,7-8H2,1H3. The Labute approximate surface area is 148 Å². The van der Waals surface area contributed by atoms with E-state index in [2.05, 4.69) is 10.2 Å². The van der Waals surface area contributed by atoms with Gasteiger partial charge in [0.05, 0.1) is 15.8 Å². The van der Waals surface area contributed by atoms with E-state index < -0.39 is 0 Å². The van der Waals surface area contributed by atoms with Gasteiger partial charge in [0.25, 0.3) is 0 Å². The molecule has 0 saturated carbocycles. The van der Waals surface area contributed by atoms with Crippen LogP contribution in [0.4, 0.5) is 0 Å². The molecule has 1 aromatic heterocycles. The molecule has 1 unspecified atom stereocenters. The lowest BCUT2D eigenvalue weighted by Gasteiger charge is -2.13. The maximum Gasteiger partial charge on any atom is 0.249 e. The summed E-state index contributed by atoms with van der Waals surface area (Å²) in [6, 6.07) is 7.32. The predicted molar refractivity (Wildman–Crippen MR) is 94.4 cm³/mol. The average molecular weight is 368 g/mol. The molecule has 1 atom stereocenters. The van der Waals surface area contributed by atoms with E-state index in [-0.39, 0.29) is 11.2 Å². The number of aryl methyl sites for hydroxylation is 1. The number of carbonyl (C=O) groups is 1. The zero-order chi connectivity index (χ0) is 16.4. The van der Waals surface area contributed by atoms with Crippen molar-refractivity contribution < 1.29 is 9.21 Å². The molecule has 0 aliphatic carbocycles. The van der Waals surface area contributed by atoms with Gasteiger partial charge in [-0.25, -0.2) is 0 Å². The molecule has 120 valence electrons. The average Bonchev–Trinajstić information content (AvgIpc) is 3.08. The molecule has 1 amide bonds. The summed E-state index contributed by atoms with van der Waals surface area (Å²) >= 11 is 12.8. The number of rotatable bonds is 5. The zero-order valence-electron chi connectivity index (χ0n) is 12.4. The lowest BCUT2D eigenvalue weighted by atomic mass is 10.2. The van der Waals surface area contributed by atoms with Gasteiger partial charge in [0.2, 0.25) is 17.7 Å². The topological polar surface area (TPSA) is 59.2 Å². The van der Waals surface area contributed by atoms with Gasteiger partial charge in [0.15, 0.2) is 0 Å². The highest BCUT2D eigenvalue weighted by molar-refractivity contribution is 8.24. The first-order valence-electron chi connectivity index (χ1n) is 7.15. The minimum atomic E-state index is -0.0854. The quantitative estimate of drug-likeness (QED) is 0.753. The van der Waals surface area contributed by atoms with Crippen molar-refractivity contribution in [2.75, 3.05) is 6.54 Å². The van der Waals surface area contributed by atoms with E-state index in [1.807, 2.05) is 25.1 Å². The molecular weight excluding hydrogens is 354 g/mol. The fourth-order valence-corrected chi connectivity index (χ4v) is 3.93. The van der Waals surface area contributed by atoms with Crippen LogP contribution in [0.25, 0.3) is 11.5 Å². The maximum atomic E-state index is 11.9. The van der Waals surface area contributed by atoms with Gasteiger partial charge < -0.3 is 4.42 Å². The van der Waals surface area contributed by atoms with Crippen molar-refractivity contribution in [3.8, 4) is 11.5 Å². The number of hydrogen-bond donors (Lipinski definition) is 0. The highest BCUT2D eigenvalue weighted by Gasteiger charge is 2.33. The summed E-state index contributed by atoms with van der Waals surface area (Å²) in [6.45, 7) is 2.44. The van der Waals surface area contributed by atoms with Crippen LogP contribution >= 0.6 is 35.6 Å². The second kappa shape index (κ2) is 6.98. The van der Waals surface area contributed by atoms with Crippen molar-refractivity contribution in [3.05, 3.63) is 35.2 Å². The van der Waals surface area contributed by atoms with Gasteiger partial charge >= 0.3 is 0 Å². The van der Waals surface area contributed by atoms with Crippen LogP contribution in [0.15, 0.2) is 28.7 Å². The van der Waals surface area contributed by atoms with Crippen LogP contribution < -0.4 is 0 Å². The number of halogens is 1. The Kier molecular flexibility index (Phi) is 4.99. The van der Waals surface area contributed by atoms with Crippen molar-refractivity contribution in [2.45, 2.75) is 25.0 Å². The molecule has 1 aliphatic rings. The van der Waals surface area contributed by atoms with Crippen LogP contribution in [0.2, 0.25) is 5.02 Å². The third-order valence-corrected chi connectivity index (χ3v) is 5.27. The van der Waals surface area contributed by atoms with Crippen LogP contribution in [0.3, 0.4) is 0 Å². The number of amides is 1. The summed E-state index contributed by atoms with van der Waals surface area (Å²) < 4.78 is 6.29. The van der Waals surface area contributed by atoms with Gasteiger partial charge in [-0.1, -0.05) is 47.7 Å². The van der Waals surface area contributed by atoms with Crippen LogP contribution in [0.5, 0.6) is 0 Å². The maximum absolute atomic E-state index is 11.9. The Morgan fingerprint density at radius 3 is 2.87 bits per heavy atom. The molecule has 23 heavy (non-hydrogen) atoms. The highest BCUT2D eigenvalue weighted by atomic mass is 35.5.